The lowest BCUT2D eigenvalue weighted by molar-refractivity contribution is 1.11. The summed E-state index contributed by atoms with van der Waals surface area (Å²) in [6.45, 7) is 2.06. The zero-order valence-corrected chi connectivity index (χ0v) is 5.46. The molecule has 2 heteroatoms. The molecule has 0 aliphatic carbocycles. The number of hydrogen-bond donors (Lipinski definition) is 1. The van der Waals surface area contributed by atoms with Gasteiger partial charge in [0.25, 0.3) is 0 Å². The molecule has 1 aromatic rings. The van der Waals surface area contributed by atoms with Crippen molar-refractivity contribution in [2.45, 2.75) is 13.3 Å². The highest BCUT2D eigenvalue weighted by Crippen LogP contribution is 2.07. The molecule has 0 saturated carbocycles. The summed E-state index contributed by atoms with van der Waals surface area (Å²) in [5.74, 6) is 0. The predicted octanol–water partition coefficient (Wildman–Crippen LogP) is 1.23. The number of pyridine rings is 1. The van der Waals surface area contributed by atoms with Gasteiger partial charge in [-0.05, 0) is 18.1 Å². The van der Waals surface area contributed by atoms with E-state index >= 15 is 0 Å². The van der Waals surface area contributed by atoms with Crippen LogP contribution in [0, 0.1) is 0 Å². The van der Waals surface area contributed by atoms with Gasteiger partial charge < -0.3 is 5.73 Å². The van der Waals surface area contributed by atoms with Crippen molar-refractivity contribution in [2.75, 3.05) is 5.73 Å². The van der Waals surface area contributed by atoms with E-state index in [1.807, 2.05) is 6.07 Å². The Labute approximate surface area is 54.7 Å². The standard InChI is InChI=1S/C7H10N2/c1-2-6-5-9-4-3-7(6)8/h3-5H,2H2,1H3,(H2,8,9). The van der Waals surface area contributed by atoms with Gasteiger partial charge in [-0.2, -0.15) is 0 Å². The van der Waals surface area contributed by atoms with Crippen LogP contribution in [0.15, 0.2) is 18.5 Å². The molecule has 0 bridgehead atoms. The Kier molecular flexibility index (Phi) is 1.68. The third-order valence-corrected chi connectivity index (χ3v) is 1.32. The molecular weight excluding hydrogens is 112 g/mol. The van der Waals surface area contributed by atoms with Crippen LogP contribution in [0.3, 0.4) is 0 Å². The summed E-state index contributed by atoms with van der Waals surface area (Å²) in [5, 5.41) is 0. The lowest BCUT2D eigenvalue weighted by atomic mass is 10.2. The Morgan fingerprint density at radius 3 is 2.89 bits per heavy atom. The number of rotatable bonds is 1. The Morgan fingerprint density at radius 1 is 1.67 bits per heavy atom. The predicted molar refractivity (Wildman–Crippen MR) is 38.0 cm³/mol. The first kappa shape index (κ1) is 6.08. The molecule has 0 spiro atoms. The first-order chi connectivity index (χ1) is 4.34. The molecule has 0 aliphatic heterocycles. The van der Waals surface area contributed by atoms with Crippen molar-refractivity contribution in [3.63, 3.8) is 0 Å². The fraction of sp³-hybridized carbons (Fsp3) is 0.286. The first-order valence-corrected chi connectivity index (χ1v) is 3.03. The third-order valence-electron chi connectivity index (χ3n) is 1.32. The topological polar surface area (TPSA) is 38.9 Å². The highest BCUT2D eigenvalue weighted by atomic mass is 14.7. The highest BCUT2D eigenvalue weighted by Gasteiger charge is 1.91. The zero-order chi connectivity index (χ0) is 6.69. The molecule has 0 amide bonds. The minimum atomic E-state index is 0.840. The highest BCUT2D eigenvalue weighted by molar-refractivity contribution is 5.43. The smallest absolute Gasteiger partial charge is 0.0377 e. The maximum Gasteiger partial charge on any atom is 0.0377 e. The molecule has 0 atom stereocenters. The lowest BCUT2D eigenvalue weighted by Crippen LogP contribution is -1.92. The molecule has 2 nitrogen and oxygen atoms in total. The molecule has 1 aromatic heterocycles. The summed E-state index contributed by atoms with van der Waals surface area (Å²) < 4.78 is 0. The molecule has 9 heavy (non-hydrogen) atoms. The summed E-state index contributed by atoms with van der Waals surface area (Å²) in [5.41, 5.74) is 7.55. The SMILES string of the molecule is CCc1cnccc1N. The molecule has 0 unspecified atom stereocenters. The zero-order valence-electron chi connectivity index (χ0n) is 5.46. The molecule has 0 saturated heterocycles. The molecule has 1 heterocycles. The Morgan fingerprint density at radius 2 is 2.44 bits per heavy atom. The van der Waals surface area contributed by atoms with Crippen molar-refractivity contribution < 1.29 is 0 Å². The van der Waals surface area contributed by atoms with Gasteiger partial charge in [0.15, 0.2) is 0 Å². The number of nitrogen functional groups attached to an aromatic ring is 1. The maximum absolute atomic E-state index is 5.59. The maximum atomic E-state index is 5.59. The second-order valence-electron chi connectivity index (χ2n) is 1.93. The van der Waals surface area contributed by atoms with Crippen molar-refractivity contribution in [3.8, 4) is 0 Å². The van der Waals surface area contributed by atoms with Gasteiger partial charge in [-0.15, -0.1) is 0 Å². The average Bonchev–Trinajstić information content (AvgIpc) is 1.89. The van der Waals surface area contributed by atoms with Crippen LogP contribution in [0.25, 0.3) is 0 Å². The molecule has 0 aliphatic rings. The fourth-order valence-electron chi connectivity index (χ4n) is 0.733. The van der Waals surface area contributed by atoms with E-state index in [0.717, 1.165) is 17.7 Å². The second kappa shape index (κ2) is 2.49. The fourth-order valence-corrected chi connectivity index (χ4v) is 0.733. The number of aryl methyl sites for hydroxylation is 1. The molecule has 0 radical (unpaired) electrons. The summed E-state index contributed by atoms with van der Waals surface area (Å²) in [6.07, 6.45) is 4.46. The largest absolute Gasteiger partial charge is 0.398 e. The molecular formula is C7H10N2. The molecule has 0 fully saturated rings. The van der Waals surface area contributed by atoms with E-state index in [9.17, 15) is 0 Å². The van der Waals surface area contributed by atoms with Crippen molar-refractivity contribution in [1.82, 2.24) is 4.98 Å². The van der Waals surface area contributed by atoms with Crippen molar-refractivity contribution in [1.29, 1.82) is 0 Å². The number of anilines is 1. The molecule has 2 N–H and O–H groups in total. The van der Waals surface area contributed by atoms with Gasteiger partial charge in [-0.1, -0.05) is 6.92 Å². The van der Waals surface area contributed by atoms with Crippen LogP contribution < -0.4 is 5.73 Å². The van der Waals surface area contributed by atoms with Gasteiger partial charge in [0, 0.05) is 18.1 Å². The van der Waals surface area contributed by atoms with Crippen LogP contribution in [0.4, 0.5) is 5.69 Å². The van der Waals surface area contributed by atoms with Crippen LogP contribution in [-0.4, -0.2) is 4.98 Å². The van der Waals surface area contributed by atoms with Gasteiger partial charge in [-0.3, -0.25) is 4.98 Å². The third kappa shape index (κ3) is 1.19. The van der Waals surface area contributed by atoms with E-state index < -0.39 is 0 Å². The van der Waals surface area contributed by atoms with Crippen LogP contribution >= 0.6 is 0 Å². The van der Waals surface area contributed by atoms with E-state index in [1.165, 1.54) is 0 Å². The number of nitrogens with zero attached hydrogens (tertiary/aromatic N) is 1. The quantitative estimate of drug-likeness (QED) is 0.608. The number of nitrogens with two attached hydrogens (primary N) is 1. The van der Waals surface area contributed by atoms with Gasteiger partial charge in [-0.25, -0.2) is 0 Å². The lowest BCUT2D eigenvalue weighted by Gasteiger charge is -1.97. The minimum absolute atomic E-state index is 0.840. The van der Waals surface area contributed by atoms with Crippen LogP contribution in [0.1, 0.15) is 12.5 Å². The Hall–Kier alpha value is -1.05. The summed E-state index contributed by atoms with van der Waals surface area (Å²) >= 11 is 0. The Balaban J connectivity index is 3.01. The van der Waals surface area contributed by atoms with Crippen molar-refractivity contribution in [2.24, 2.45) is 0 Å². The monoisotopic (exact) mass is 122 g/mol. The second-order valence-corrected chi connectivity index (χ2v) is 1.93. The van der Waals surface area contributed by atoms with Crippen LogP contribution in [0.5, 0.6) is 0 Å². The van der Waals surface area contributed by atoms with E-state index in [2.05, 4.69) is 11.9 Å². The van der Waals surface area contributed by atoms with Crippen molar-refractivity contribution in [3.05, 3.63) is 24.0 Å². The number of hydrogen-bond acceptors (Lipinski definition) is 2. The minimum Gasteiger partial charge on any atom is -0.398 e. The van der Waals surface area contributed by atoms with Gasteiger partial charge in [0.1, 0.15) is 0 Å². The van der Waals surface area contributed by atoms with E-state index in [-0.39, 0.29) is 0 Å². The van der Waals surface area contributed by atoms with Crippen LogP contribution in [-0.2, 0) is 6.42 Å². The van der Waals surface area contributed by atoms with E-state index in [4.69, 9.17) is 5.73 Å². The van der Waals surface area contributed by atoms with Gasteiger partial charge in [0.05, 0.1) is 0 Å². The molecule has 0 aromatic carbocycles. The summed E-state index contributed by atoms with van der Waals surface area (Å²) in [6, 6.07) is 1.82. The van der Waals surface area contributed by atoms with Crippen LogP contribution in [0.2, 0.25) is 0 Å². The normalized spacial score (nSPS) is 9.44. The van der Waals surface area contributed by atoms with Gasteiger partial charge >= 0.3 is 0 Å². The van der Waals surface area contributed by atoms with E-state index in [1.54, 1.807) is 12.4 Å². The molecule has 48 valence electrons. The van der Waals surface area contributed by atoms with E-state index in [0.29, 0.717) is 0 Å². The number of aromatic nitrogens is 1. The van der Waals surface area contributed by atoms with Crippen molar-refractivity contribution >= 4 is 5.69 Å². The Bertz CT molecular complexity index is 196. The summed E-state index contributed by atoms with van der Waals surface area (Å²) in [4.78, 5) is 3.94. The molecule has 1 rings (SSSR count). The van der Waals surface area contributed by atoms with Gasteiger partial charge in [0.2, 0.25) is 0 Å². The average molecular weight is 122 g/mol. The first-order valence-electron chi connectivity index (χ1n) is 3.03. The summed E-state index contributed by atoms with van der Waals surface area (Å²) in [7, 11) is 0.